The monoisotopic (exact) mass is 234 g/mol. The van der Waals surface area contributed by atoms with Gasteiger partial charge >= 0.3 is 8.80 Å². The molecular formula is C10H22O4Si. The fraction of sp³-hybridized carbons (Fsp3) is 0.900. The first-order valence-electron chi connectivity index (χ1n) is 5.00. The molecule has 0 bridgehead atoms. The Morgan fingerprint density at radius 2 is 1.47 bits per heavy atom. The van der Waals surface area contributed by atoms with Crippen molar-refractivity contribution in [3.63, 3.8) is 0 Å². The van der Waals surface area contributed by atoms with Crippen LogP contribution in [-0.4, -0.2) is 35.9 Å². The molecule has 0 spiro atoms. The van der Waals surface area contributed by atoms with E-state index in [1.165, 1.54) is 0 Å². The molecule has 0 unspecified atom stereocenters. The summed E-state index contributed by atoms with van der Waals surface area (Å²) in [6.45, 7) is 5.72. The van der Waals surface area contributed by atoms with E-state index in [1.807, 2.05) is 20.8 Å². The quantitative estimate of drug-likeness (QED) is 0.658. The van der Waals surface area contributed by atoms with Gasteiger partial charge in [-0.3, -0.25) is 4.79 Å². The summed E-state index contributed by atoms with van der Waals surface area (Å²) in [5, 5.41) is 0. The van der Waals surface area contributed by atoms with E-state index >= 15 is 0 Å². The molecule has 0 atom stereocenters. The van der Waals surface area contributed by atoms with Gasteiger partial charge in [-0.05, 0) is 0 Å². The van der Waals surface area contributed by atoms with Crippen molar-refractivity contribution >= 4 is 14.6 Å². The van der Waals surface area contributed by atoms with Crippen LogP contribution in [0.4, 0.5) is 0 Å². The molecule has 0 fully saturated rings. The van der Waals surface area contributed by atoms with Gasteiger partial charge in [0.05, 0.1) is 0 Å². The highest BCUT2D eigenvalue weighted by Crippen LogP contribution is 2.22. The van der Waals surface area contributed by atoms with Crippen LogP contribution in [0.1, 0.15) is 27.2 Å². The van der Waals surface area contributed by atoms with Crippen molar-refractivity contribution in [2.75, 3.05) is 21.3 Å². The number of carbonyl (C=O) groups is 1. The number of hydrogen-bond acceptors (Lipinski definition) is 4. The van der Waals surface area contributed by atoms with E-state index < -0.39 is 8.80 Å². The number of carbonyl (C=O) groups excluding carboxylic acids is 1. The van der Waals surface area contributed by atoms with Crippen molar-refractivity contribution in [2.24, 2.45) is 5.41 Å². The van der Waals surface area contributed by atoms with Gasteiger partial charge in [0.25, 0.3) is 0 Å². The van der Waals surface area contributed by atoms with Gasteiger partial charge in [0, 0.05) is 39.2 Å². The molecule has 0 aromatic rings. The van der Waals surface area contributed by atoms with E-state index in [2.05, 4.69) is 0 Å². The minimum Gasteiger partial charge on any atom is -0.377 e. The molecule has 0 rings (SSSR count). The maximum absolute atomic E-state index is 11.7. The van der Waals surface area contributed by atoms with Crippen LogP contribution in [0.5, 0.6) is 0 Å². The van der Waals surface area contributed by atoms with Gasteiger partial charge in [0.2, 0.25) is 0 Å². The predicted octanol–water partition coefficient (Wildman–Crippen LogP) is 1.87. The van der Waals surface area contributed by atoms with Crippen molar-refractivity contribution in [1.29, 1.82) is 0 Å². The van der Waals surface area contributed by atoms with E-state index in [9.17, 15) is 4.79 Å². The van der Waals surface area contributed by atoms with Crippen molar-refractivity contribution in [1.82, 2.24) is 0 Å². The van der Waals surface area contributed by atoms with E-state index in [1.54, 1.807) is 21.3 Å². The van der Waals surface area contributed by atoms with E-state index in [0.29, 0.717) is 12.5 Å². The van der Waals surface area contributed by atoms with Gasteiger partial charge in [0.15, 0.2) is 0 Å². The highest BCUT2D eigenvalue weighted by atomic mass is 28.4. The molecule has 15 heavy (non-hydrogen) atoms. The first-order chi connectivity index (χ1) is 6.81. The van der Waals surface area contributed by atoms with Gasteiger partial charge in [-0.1, -0.05) is 20.8 Å². The van der Waals surface area contributed by atoms with Crippen molar-refractivity contribution in [3.8, 4) is 0 Å². The van der Waals surface area contributed by atoms with Gasteiger partial charge in [-0.25, -0.2) is 0 Å². The van der Waals surface area contributed by atoms with Crippen LogP contribution >= 0.6 is 0 Å². The number of ketones is 1. The molecule has 0 saturated carbocycles. The molecule has 0 N–H and O–H groups in total. The third-order valence-corrected chi connectivity index (χ3v) is 5.16. The Morgan fingerprint density at radius 3 is 1.73 bits per heavy atom. The molecule has 5 heteroatoms. The molecule has 0 aromatic carbocycles. The van der Waals surface area contributed by atoms with Crippen LogP contribution in [0.25, 0.3) is 0 Å². The van der Waals surface area contributed by atoms with E-state index in [-0.39, 0.29) is 11.2 Å². The van der Waals surface area contributed by atoms with Gasteiger partial charge in [-0.15, -0.1) is 0 Å². The Bertz CT molecular complexity index is 198. The lowest BCUT2D eigenvalue weighted by molar-refractivity contribution is -0.126. The largest absolute Gasteiger partial charge is 0.500 e. The topological polar surface area (TPSA) is 44.8 Å². The van der Waals surface area contributed by atoms with Gasteiger partial charge < -0.3 is 13.3 Å². The molecule has 4 nitrogen and oxygen atoms in total. The molecule has 0 saturated heterocycles. The van der Waals surface area contributed by atoms with Crippen molar-refractivity contribution in [2.45, 2.75) is 33.2 Å². The minimum atomic E-state index is -2.58. The van der Waals surface area contributed by atoms with Crippen molar-refractivity contribution < 1.29 is 18.1 Å². The summed E-state index contributed by atoms with van der Waals surface area (Å²) < 4.78 is 15.7. The Labute approximate surface area is 93.3 Å². The van der Waals surface area contributed by atoms with Crippen LogP contribution < -0.4 is 0 Å². The van der Waals surface area contributed by atoms with Crippen LogP contribution in [0.2, 0.25) is 6.04 Å². The third kappa shape index (κ3) is 4.42. The first kappa shape index (κ1) is 14.8. The SMILES string of the molecule is CO[Si](CCC(=O)C(C)(C)C)(OC)OC. The zero-order chi connectivity index (χ0) is 12.1. The normalized spacial score (nSPS) is 12.9. The highest BCUT2D eigenvalue weighted by Gasteiger charge is 2.39. The van der Waals surface area contributed by atoms with Crippen molar-refractivity contribution in [3.05, 3.63) is 0 Å². The second-order valence-electron chi connectivity index (χ2n) is 4.47. The highest BCUT2D eigenvalue weighted by molar-refractivity contribution is 6.60. The zero-order valence-corrected chi connectivity index (χ0v) is 11.5. The summed E-state index contributed by atoms with van der Waals surface area (Å²) in [6.07, 6.45) is 0.436. The fourth-order valence-corrected chi connectivity index (χ4v) is 2.84. The second-order valence-corrected chi connectivity index (χ2v) is 7.56. The van der Waals surface area contributed by atoms with Gasteiger partial charge in [-0.2, -0.15) is 0 Å². The lowest BCUT2D eigenvalue weighted by Crippen LogP contribution is -2.43. The third-order valence-electron chi connectivity index (χ3n) is 2.43. The summed E-state index contributed by atoms with van der Waals surface area (Å²) >= 11 is 0. The lowest BCUT2D eigenvalue weighted by Gasteiger charge is -2.25. The van der Waals surface area contributed by atoms with Crippen LogP contribution in [0.3, 0.4) is 0 Å². The molecule has 0 aromatic heterocycles. The molecule has 0 amide bonds. The van der Waals surface area contributed by atoms with E-state index in [4.69, 9.17) is 13.3 Å². The van der Waals surface area contributed by atoms with Crippen LogP contribution in [0, 0.1) is 5.41 Å². The molecule has 0 heterocycles. The predicted molar refractivity (Wildman–Crippen MR) is 60.7 cm³/mol. The maximum Gasteiger partial charge on any atom is 0.500 e. The molecule has 90 valence electrons. The Balaban J connectivity index is 4.29. The second kappa shape index (κ2) is 5.74. The average molecular weight is 234 g/mol. The summed E-state index contributed by atoms with van der Waals surface area (Å²) in [6, 6.07) is 0.534. The summed E-state index contributed by atoms with van der Waals surface area (Å²) in [5.74, 6) is 0.200. The summed E-state index contributed by atoms with van der Waals surface area (Å²) in [7, 11) is 2.09. The Hall–Kier alpha value is -0.233. The Morgan fingerprint density at radius 1 is 1.07 bits per heavy atom. The first-order valence-corrected chi connectivity index (χ1v) is 6.93. The standard InChI is InChI=1S/C10H22O4Si/c1-10(2,3)9(11)7-8-15(12-4,13-5)14-6/h7-8H2,1-6H3. The number of hydrogen-bond donors (Lipinski definition) is 0. The summed E-state index contributed by atoms with van der Waals surface area (Å²) in [4.78, 5) is 11.7. The molecule has 0 aliphatic heterocycles. The molecule has 0 aliphatic rings. The lowest BCUT2D eigenvalue weighted by atomic mass is 9.89. The minimum absolute atomic E-state index is 0.200. The molecular weight excluding hydrogens is 212 g/mol. The van der Waals surface area contributed by atoms with Crippen LogP contribution in [0.15, 0.2) is 0 Å². The smallest absolute Gasteiger partial charge is 0.377 e. The zero-order valence-electron chi connectivity index (χ0n) is 10.5. The van der Waals surface area contributed by atoms with Gasteiger partial charge in [0.1, 0.15) is 5.78 Å². The number of Topliss-reactive ketones (excluding diaryl/α,β-unsaturated/α-hetero) is 1. The molecule has 0 aliphatic carbocycles. The average Bonchev–Trinajstić information content (AvgIpc) is 2.19. The summed E-state index contributed by atoms with van der Waals surface area (Å²) in [5.41, 5.74) is -0.310. The fourth-order valence-electron chi connectivity index (χ4n) is 1.20. The molecule has 0 radical (unpaired) electrons. The number of rotatable bonds is 6. The van der Waals surface area contributed by atoms with Crippen LogP contribution in [-0.2, 0) is 18.1 Å². The Kier molecular flexibility index (Phi) is 5.65. The van der Waals surface area contributed by atoms with E-state index in [0.717, 1.165) is 0 Å². The maximum atomic E-state index is 11.7.